The summed E-state index contributed by atoms with van der Waals surface area (Å²) in [5.74, 6) is 0.960. The molecule has 1 aliphatic carbocycles. The van der Waals surface area contributed by atoms with Crippen LogP contribution in [0, 0.1) is 5.92 Å². The van der Waals surface area contributed by atoms with E-state index >= 15 is 0 Å². The number of halogens is 1. The Labute approximate surface area is 178 Å². The van der Waals surface area contributed by atoms with E-state index in [1.165, 1.54) is 26.0 Å². The summed E-state index contributed by atoms with van der Waals surface area (Å²) in [4.78, 5) is 24.8. The van der Waals surface area contributed by atoms with Crippen LogP contribution in [0.4, 0.5) is 0 Å². The Morgan fingerprint density at radius 3 is 2.59 bits per heavy atom. The normalized spacial score (nSPS) is 14.8. The second-order valence-corrected chi connectivity index (χ2v) is 8.18. The van der Waals surface area contributed by atoms with Gasteiger partial charge in [-0.05, 0) is 63.3 Å². The number of nitrogens with one attached hydrogen (secondary N) is 2. The molecule has 1 saturated carbocycles. The van der Waals surface area contributed by atoms with Crippen molar-refractivity contribution in [3.05, 3.63) is 28.8 Å². The molecule has 0 bridgehead atoms. The highest BCUT2D eigenvalue weighted by molar-refractivity contribution is 6.32. The molecule has 2 N–H and O–H groups in total. The molecule has 0 saturated heterocycles. The number of rotatable bonds is 9. The Kier molecular flexibility index (Phi) is 8.38. The maximum absolute atomic E-state index is 12.5. The summed E-state index contributed by atoms with van der Waals surface area (Å²) in [5.41, 5.74) is -0.313. The lowest BCUT2D eigenvalue weighted by Gasteiger charge is -2.25. The maximum Gasteiger partial charge on any atom is 0.245 e. The van der Waals surface area contributed by atoms with Crippen molar-refractivity contribution in [2.75, 3.05) is 20.3 Å². The molecule has 7 heteroatoms. The predicted molar refractivity (Wildman–Crippen MR) is 115 cm³/mol. The molecule has 1 aromatic carbocycles. The van der Waals surface area contributed by atoms with Crippen molar-refractivity contribution < 1.29 is 19.1 Å². The lowest BCUT2D eigenvalue weighted by Crippen LogP contribution is -2.54. The average molecular weight is 423 g/mol. The number of carbonyl (C=O) groups excluding carboxylic acids is 2. The zero-order valence-corrected chi connectivity index (χ0v) is 18.4. The van der Waals surface area contributed by atoms with E-state index in [1.54, 1.807) is 32.1 Å². The van der Waals surface area contributed by atoms with E-state index in [1.807, 2.05) is 6.92 Å². The number of carbonyl (C=O) groups is 2. The van der Waals surface area contributed by atoms with E-state index in [9.17, 15) is 9.59 Å². The molecular weight excluding hydrogens is 392 g/mol. The lowest BCUT2D eigenvalue weighted by atomic mass is 10.0. The number of ether oxygens (including phenoxy) is 2. The fourth-order valence-electron chi connectivity index (χ4n) is 3.40. The Balaban J connectivity index is 1.97. The third-order valence-electron chi connectivity index (χ3n) is 4.99. The monoisotopic (exact) mass is 422 g/mol. The van der Waals surface area contributed by atoms with Crippen molar-refractivity contribution in [1.29, 1.82) is 0 Å². The van der Waals surface area contributed by atoms with Gasteiger partial charge in [0, 0.05) is 12.6 Å². The summed E-state index contributed by atoms with van der Waals surface area (Å²) in [6.45, 7) is 6.38. The summed E-state index contributed by atoms with van der Waals surface area (Å²) in [7, 11) is 1.52. The first-order valence-corrected chi connectivity index (χ1v) is 10.4. The van der Waals surface area contributed by atoms with Gasteiger partial charge in [0.25, 0.3) is 0 Å². The number of benzene rings is 1. The third-order valence-corrected chi connectivity index (χ3v) is 5.27. The van der Waals surface area contributed by atoms with Crippen molar-refractivity contribution in [3.8, 4) is 11.5 Å². The molecule has 0 heterocycles. The van der Waals surface area contributed by atoms with Gasteiger partial charge >= 0.3 is 0 Å². The summed E-state index contributed by atoms with van der Waals surface area (Å²) >= 11 is 6.23. The van der Waals surface area contributed by atoms with Crippen LogP contribution >= 0.6 is 11.6 Å². The van der Waals surface area contributed by atoms with Gasteiger partial charge < -0.3 is 20.1 Å². The summed E-state index contributed by atoms with van der Waals surface area (Å²) in [6.07, 6.45) is 7.77. The topological polar surface area (TPSA) is 76.7 Å². The van der Waals surface area contributed by atoms with Gasteiger partial charge in [-0.2, -0.15) is 0 Å². The van der Waals surface area contributed by atoms with Crippen LogP contribution in [0.25, 0.3) is 6.08 Å². The Morgan fingerprint density at radius 2 is 1.97 bits per heavy atom. The van der Waals surface area contributed by atoms with E-state index in [0.29, 0.717) is 41.2 Å². The molecule has 1 aromatic rings. The highest BCUT2D eigenvalue weighted by atomic mass is 35.5. The van der Waals surface area contributed by atoms with Crippen LogP contribution in [0.15, 0.2) is 18.2 Å². The average Bonchev–Trinajstić information content (AvgIpc) is 3.18. The molecule has 29 heavy (non-hydrogen) atoms. The Morgan fingerprint density at radius 1 is 1.28 bits per heavy atom. The van der Waals surface area contributed by atoms with Crippen molar-refractivity contribution in [2.24, 2.45) is 5.92 Å². The predicted octanol–water partition coefficient (Wildman–Crippen LogP) is 3.96. The van der Waals surface area contributed by atoms with Crippen molar-refractivity contribution >= 4 is 29.5 Å². The molecule has 6 nitrogen and oxygen atoms in total. The van der Waals surface area contributed by atoms with Crippen LogP contribution in [-0.4, -0.2) is 37.6 Å². The van der Waals surface area contributed by atoms with Gasteiger partial charge in [0.1, 0.15) is 5.54 Å². The van der Waals surface area contributed by atoms with Gasteiger partial charge in [-0.3, -0.25) is 9.59 Å². The first-order valence-electron chi connectivity index (χ1n) is 10.1. The number of hydrogen-bond donors (Lipinski definition) is 2. The molecule has 0 unspecified atom stereocenters. The van der Waals surface area contributed by atoms with Crippen molar-refractivity contribution in [1.82, 2.24) is 10.6 Å². The second kappa shape index (κ2) is 10.5. The molecule has 0 atom stereocenters. The lowest BCUT2D eigenvalue weighted by molar-refractivity contribution is -0.130. The molecule has 160 valence electrons. The van der Waals surface area contributed by atoms with Crippen molar-refractivity contribution in [3.63, 3.8) is 0 Å². The highest BCUT2D eigenvalue weighted by Gasteiger charge is 2.29. The second-order valence-electron chi connectivity index (χ2n) is 7.78. The molecule has 0 aromatic heterocycles. The first kappa shape index (κ1) is 23.1. The van der Waals surface area contributed by atoms with Crippen LogP contribution < -0.4 is 20.1 Å². The Hall–Kier alpha value is -2.21. The fraction of sp³-hybridized carbons (Fsp3) is 0.545. The first-order chi connectivity index (χ1) is 13.8. The van der Waals surface area contributed by atoms with E-state index in [-0.39, 0.29) is 11.8 Å². The SMILES string of the molecule is CCOc1cc(C=CC(=O)NC(C)(C)C(=O)NCC2CCCC2)cc(Cl)c1OC. The third kappa shape index (κ3) is 6.67. The molecule has 2 amide bonds. The minimum Gasteiger partial charge on any atom is -0.491 e. The number of methoxy groups -OCH3 is 1. The van der Waals surface area contributed by atoms with Gasteiger partial charge in [-0.15, -0.1) is 0 Å². The summed E-state index contributed by atoms with van der Waals surface area (Å²) in [6, 6.07) is 3.43. The smallest absolute Gasteiger partial charge is 0.245 e. The van der Waals surface area contributed by atoms with Crippen molar-refractivity contribution in [2.45, 2.75) is 52.0 Å². The molecular formula is C22H31ClN2O4. The molecule has 1 fully saturated rings. The summed E-state index contributed by atoms with van der Waals surface area (Å²) in [5, 5.41) is 6.11. The minimum absolute atomic E-state index is 0.183. The van der Waals surface area contributed by atoms with Crippen LogP contribution in [0.5, 0.6) is 11.5 Å². The minimum atomic E-state index is -1.01. The Bertz CT molecular complexity index is 755. The van der Waals surface area contributed by atoms with Crippen LogP contribution in [0.2, 0.25) is 5.02 Å². The van der Waals surface area contributed by atoms with Crippen LogP contribution in [0.1, 0.15) is 52.0 Å². The van der Waals surface area contributed by atoms with E-state index in [0.717, 1.165) is 12.8 Å². The number of hydrogen-bond acceptors (Lipinski definition) is 4. The largest absolute Gasteiger partial charge is 0.491 e. The molecule has 0 radical (unpaired) electrons. The zero-order valence-electron chi connectivity index (χ0n) is 17.6. The van der Waals surface area contributed by atoms with Gasteiger partial charge in [-0.1, -0.05) is 24.4 Å². The van der Waals surface area contributed by atoms with Gasteiger partial charge in [0.15, 0.2) is 11.5 Å². The standard InChI is InChI=1S/C22H31ClN2O4/c1-5-29-18-13-16(12-17(23)20(18)28-4)10-11-19(26)25-22(2,3)21(27)24-14-15-8-6-7-9-15/h10-13,15H,5-9,14H2,1-4H3,(H,24,27)(H,25,26). The zero-order chi connectivity index (χ0) is 21.4. The maximum atomic E-state index is 12.5. The fourth-order valence-corrected chi connectivity index (χ4v) is 3.69. The van der Waals surface area contributed by atoms with E-state index < -0.39 is 5.54 Å². The van der Waals surface area contributed by atoms with Crippen LogP contribution in [0.3, 0.4) is 0 Å². The summed E-state index contributed by atoms with van der Waals surface area (Å²) < 4.78 is 10.8. The van der Waals surface area contributed by atoms with E-state index in [2.05, 4.69) is 10.6 Å². The van der Waals surface area contributed by atoms with E-state index in [4.69, 9.17) is 21.1 Å². The highest BCUT2D eigenvalue weighted by Crippen LogP contribution is 2.36. The quantitative estimate of drug-likeness (QED) is 0.590. The molecule has 0 aliphatic heterocycles. The van der Waals surface area contributed by atoms with Crippen LogP contribution in [-0.2, 0) is 9.59 Å². The number of amides is 2. The molecule has 1 aliphatic rings. The van der Waals surface area contributed by atoms with Gasteiger partial charge in [-0.25, -0.2) is 0 Å². The molecule has 2 rings (SSSR count). The molecule has 0 spiro atoms. The van der Waals surface area contributed by atoms with Gasteiger partial charge in [0.2, 0.25) is 11.8 Å². The van der Waals surface area contributed by atoms with Gasteiger partial charge in [0.05, 0.1) is 18.7 Å².